The van der Waals surface area contributed by atoms with Gasteiger partial charge in [-0.1, -0.05) is 138 Å². The van der Waals surface area contributed by atoms with Gasteiger partial charge >= 0.3 is 0 Å². The molecular weight excluding hydrogens is 733 g/mol. The Bertz CT molecular complexity index is 1960. The second kappa shape index (κ2) is 19.9. The zero-order valence-corrected chi connectivity index (χ0v) is 40.1. The highest BCUT2D eigenvalue weighted by molar-refractivity contribution is 5.66. The molecule has 4 aromatic rings. The Kier molecular flexibility index (Phi) is 16.0. The van der Waals surface area contributed by atoms with Crippen LogP contribution in [-0.4, -0.2) is 15.3 Å². The Morgan fingerprint density at radius 2 is 0.633 bits per heavy atom. The summed E-state index contributed by atoms with van der Waals surface area (Å²) in [4.78, 5) is 0. The van der Waals surface area contributed by atoms with E-state index in [1.54, 1.807) is 0 Å². The maximum absolute atomic E-state index is 11.6. The monoisotopic (exact) mass is 811 g/mol. The van der Waals surface area contributed by atoms with Gasteiger partial charge in [-0.3, -0.25) is 0 Å². The number of hydrogen-bond acceptors (Lipinski definition) is 3. The molecule has 0 radical (unpaired) electrons. The van der Waals surface area contributed by atoms with Crippen LogP contribution in [-0.2, 0) is 35.5 Å². The molecule has 4 aromatic carbocycles. The first kappa shape index (κ1) is 48.2. The summed E-state index contributed by atoms with van der Waals surface area (Å²) in [6, 6.07) is 13.3. The van der Waals surface area contributed by atoms with Gasteiger partial charge < -0.3 is 15.3 Å². The summed E-state index contributed by atoms with van der Waals surface area (Å²) >= 11 is 0. The first-order valence-corrected chi connectivity index (χ1v) is 22.9. The molecular formula is C57H78O3. The fraction of sp³-hybridized carbons (Fsp3) is 0.474. The molecule has 0 fully saturated rings. The molecule has 0 spiro atoms. The molecule has 0 saturated heterocycles. The van der Waals surface area contributed by atoms with E-state index in [0.717, 1.165) is 91.2 Å². The van der Waals surface area contributed by atoms with Crippen LogP contribution in [0.3, 0.4) is 0 Å². The van der Waals surface area contributed by atoms with Gasteiger partial charge in [0.15, 0.2) is 0 Å². The lowest BCUT2D eigenvalue weighted by Gasteiger charge is -2.28. The highest BCUT2D eigenvalue weighted by atomic mass is 16.3. The normalized spacial score (nSPS) is 12.8. The lowest BCUT2D eigenvalue weighted by molar-refractivity contribution is 0.427. The molecule has 4 rings (SSSR count). The topological polar surface area (TPSA) is 60.7 Å². The average Bonchev–Trinajstić information content (AvgIpc) is 3.22. The van der Waals surface area contributed by atoms with Crippen LogP contribution in [0.5, 0.6) is 17.2 Å². The molecule has 0 aliphatic carbocycles. The molecule has 0 amide bonds. The van der Waals surface area contributed by atoms with Crippen molar-refractivity contribution in [2.24, 2.45) is 0 Å². The minimum atomic E-state index is -0.192. The Morgan fingerprint density at radius 1 is 0.400 bits per heavy atom. The molecule has 3 N–H and O–H groups in total. The van der Waals surface area contributed by atoms with Crippen molar-refractivity contribution in [3.8, 4) is 17.2 Å². The van der Waals surface area contributed by atoms with Crippen LogP contribution in [0.25, 0.3) is 18.2 Å². The van der Waals surface area contributed by atoms with Crippen LogP contribution >= 0.6 is 0 Å². The quantitative estimate of drug-likeness (QED) is 0.0938. The summed E-state index contributed by atoms with van der Waals surface area (Å²) in [5.74, 6) is 1.14. The first-order chi connectivity index (χ1) is 28.2. The van der Waals surface area contributed by atoms with Crippen molar-refractivity contribution >= 4 is 18.2 Å². The third-order valence-corrected chi connectivity index (χ3v) is 13.9. The van der Waals surface area contributed by atoms with Gasteiger partial charge in [0.05, 0.1) is 0 Å². The number of rotatable bonds is 18. The van der Waals surface area contributed by atoms with E-state index in [0.29, 0.717) is 17.2 Å². The summed E-state index contributed by atoms with van der Waals surface area (Å²) in [5.41, 5.74) is 16.4. The van der Waals surface area contributed by atoms with Crippen molar-refractivity contribution in [3.63, 3.8) is 0 Å². The Hall–Kier alpha value is -4.50. The molecule has 324 valence electrons. The third kappa shape index (κ3) is 10.5. The van der Waals surface area contributed by atoms with Crippen LogP contribution in [0.2, 0.25) is 0 Å². The van der Waals surface area contributed by atoms with Crippen molar-refractivity contribution in [2.45, 2.75) is 178 Å². The van der Waals surface area contributed by atoms with Crippen LogP contribution in [0, 0.1) is 20.8 Å². The first-order valence-electron chi connectivity index (χ1n) is 22.9. The van der Waals surface area contributed by atoms with Crippen LogP contribution in [0.15, 0.2) is 54.6 Å². The van der Waals surface area contributed by atoms with E-state index in [1.807, 2.05) is 0 Å². The van der Waals surface area contributed by atoms with Crippen LogP contribution < -0.4 is 0 Å². The predicted octanol–water partition coefficient (Wildman–Crippen LogP) is 15.8. The zero-order valence-electron chi connectivity index (χ0n) is 40.1. The van der Waals surface area contributed by atoms with E-state index in [1.165, 1.54) is 50.1 Å². The maximum Gasteiger partial charge on any atom is 0.126 e. The highest BCUT2D eigenvalue weighted by Crippen LogP contribution is 2.43. The van der Waals surface area contributed by atoms with Gasteiger partial charge in [-0.25, -0.2) is 0 Å². The van der Waals surface area contributed by atoms with Gasteiger partial charge in [0.2, 0.25) is 0 Å². The molecule has 0 aromatic heterocycles. The van der Waals surface area contributed by atoms with Crippen molar-refractivity contribution < 1.29 is 15.3 Å². The molecule has 0 atom stereocenters. The van der Waals surface area contributed by atoms with Gasteiger partial charge in [0, 0.05) is 33.4 Å². The van der Waals surface area contributed by atoms with E-state index < -0.39 is 0 Å². The van der Waals surface area contributed by atoms with Crippen molar-refractivity contribution in [1.82, 2.24) is 0 Å². The summed E-state index contributed by atoms with van der Waals surface area (Å²) < 4.78 is 0. The number of hydrogen-bond donors (Lipinski definition) is 3. The standard InChI is InChI=1S/C57H78O3/c1-16-22-25-43-28-40(34-49(52(43)58)55(10,11)19-4)31-46-37(7)47(32-41-29-44(26-23-17-2)53(59)50(35-41)56(12,13)20-5)39(9)48(38(46)8)33-42-30-45(27-24-18-3)54(60)51(36-42)57(14,15)21-6/h22-30,34-36,58-60H,16-21,31-33H2,1-15H3/b25-22+,26-23+,27-24+. The molecule has 0 aliphatic heterocycles. The van der Waals surface area contributed by atoms with E-state index in [9.17, 15) is 15.3 Å². The summed E-state index contributed by atoms with van der Waals surface area (Å²) in [7, 11) is 0. The molecule has 3 heteroatoms. The Labute approximate surface area is 365 Å². The zero-order chi connectivity index (χ0) is 44.7. The number of aromatic hydroxyl groups is 3. The van der Waals surface area contributed by atoms with Gasteiger partial charge in [-0.2, -0.15) is 0 Å². The number of phenolic OH excluding ortho intramolecular Hbond substituents is 3. The Morgan fingerprint density at radius 3 is 0.833 bits per heavy atom. The summed E-state index contributed by atoms with van der Waals surface area (Å²) in [6.07, 6.45) is 20.3. The van der Waals surface area contributed by atoms with Gasteiger partial charge in [0.25, 0.3) is 0 Å². The summed E-state index contributed by atoms with van der Waals surface area (Å²) in [6.45, 7) is 33.2. The van der Waals surface area contributed by atoms with Gasteiger partial charge in [-0.05, 0) is 163 Å². The van der Waals surface area contributed by atoms with Crippen molar-refractivity contribution in [3.05, 3.63) is 138 Å². The number of allylic oxidation sites excluding steroid dienone is 3. The lowest BCUT2D eigenvalue weighted by atomic mass is 9.77. The second-order valence-electron chi connectivity index (χ2n) is 19.2. The largest absolute Gasteiger partial charge is 0.507 e. The molecule has 0 unspecified atom stereocenters. The van der Waals surface area contributed by atoms with E-state index >= 15 is 0 Å². The van der Waals surface area contributed by atoms with Crippen molar-refractivity contribution in [1.29, 1.82) is 0 Å². The van der Waals surface area contributed by atoms with Crippen LogP contribution in [0.1, 0.15) is 205 Å². The fourth-order valence-corrected chi connectivity index (χ4v) is 8.50. The summed E-state index contributed by atoms with van der Waals surface area (Å²) in [5, 5.41) is 34.9. The van der Waals surface area contributed by atoms with E-state index in [2.05, 4.69) is 177 Å². The Balaban J connectivity index is 2.08. The predicted molar refractivity (Wildman–Crippen MR) is 261 cm³/mol. The molecule has 0 saturated carbocycles. The SMILES string of the molecule is CC/C=C/c1cc(Cc2c(C)c(Cc3cc(/C=C/CC)c(O)c(C(C)(C)CC)c3)c(C)c(Cc3cc(/C=C/CC)c(O)c(C(C)(C)CC)c3)c2C)cc(C(C)(C)CC)c1O. The number of benzene rings is 4. The lowest BCUT2D eigenvalue weighted by Crippen LogP contribution is -2.17. The van der Waals surface area contributed by atoms with Crippen molar-refractivity contribution in [2.75, 3.05) is 0 Å². The molecule has 3 nitrogen and oxygen atoms in total. The molecule has 60 heavy (non-hydrogen) atoms. The molecule has 0 aliphatic rings. The minimum absolute atomic E-state index is 0.192. The molecule has 0 bridgehead atoms. The minimum Gasteiger partial charge on any atom is -0.507 e. The average molecular weight is 811 g/mol. The molecule has 0 heterocycles. The smallest absolute Gasteiger partial charge is 0.126 e. The van der Waals surface area contributed by atoms with Gasteiger partial charge in [-0.15, -0.1) is 0 Å². The fourth-order valence-electron chi connectivity index (χ4n) is 8.50. The third-order valence-electron chi connectivity index (χ3n) is 13.9. The second-order valence-corrected chi connectivity index (χ2v) is 19.2. The van der Waals surface area contributed by atoms with E-state index in [4.69, 9.17) is 0 Å². The maximum atomic E-state index is 11.6. The van der Waals surface area contributed by atoms with Gasteiger partial charge in [0.1, 0.15) is 17.2 Å². The number of phenols is 3. The van der Waals surface area contributed by atoms with Crippen LogP contribution in [0.4, 0.5) is 0 Å². The van der Waals surface area contributed by atoms with E-state index in [-0.39, 0.29) is 16.2 Å². The highest BCUT2D eigenvalue weighted by Gasteiger charge is 2.28.